The summed E-state index contributed by atoms with van der Waals surface area (Å²) in [5, 5.41) is 9.06. The van der Waals surface area contributed by atoms with Gasteiger partial charge in [0.1, 0.15) is 17.3 Å². The highest BCUT2D eigenvalue weighted by atomic mass is 16.4. The minimum Gasteiger partial charge on any atom is -0.481 e. The number of aliphatic carboxylic acids is 1. The molecule has 0 aromatic carbocycles. The van der Waals surface area contributed by atoms with Gasteiger partial charge < -0.3 is 5.11 Å². The predicted molar refractivity (Wildman–Crippen MR) is 107 cm³/mol. The van der Waals surface area contributed by atoms with Gasteiger partial charge >= 0.3 is 5.97 Å². The Kier molecular flexibility index (Phi) is 5.02. The van der Waals surface area contributed by atoms with Gasteiger partial charge in [0, 0.05) is 43.4 Å². The Morgan fingerprint density at radius 1 is 1.10 bits per heavy atom. The number of rotatable bonds is 4. The molecule has 4 saturated carbocycles. The van der Waals surface area contributed by atoms with Crippen LogP contribution >= 0.6 is 0 Å². The molecular formula is C24H34O5. The van der Waals surface area contributed by atoms with Gasteiger partial charge in [-0.2, -0.15) is 0 Å². The Hall–Kier alpha value is -1.52. The fraction of sp³-hybridized carbons (Fsp3) is 0.833. The normalized spacial score (nSPS) is 45.3. The number of fused-ring (bicyclic) bond motifs is 5. The number of hydrogen-bond donors (Lipinski definition) is 1. The molecule has 1 N–H and O–H groups in total. The van der Waals surface area contributed by atoms with Crippen LogP contribution < -0.4 is 0 Å². The summed E-state index contributed by atoms with van der Waals surface area (Å²) in [7, 11) is 0. The van der Waals surface area contributed by atoms with Crippen LogP contribution in [0.3, 0.4) is 0 Å². The fourth-order valence-corrected chi connectivity index (χ4v) is 7.94. The largest absolute Gasteiger partial charge is 0.481 e. The van der Waals surface area contributed by atoms with Crippen LogP contribution in [0.5, 0.6) is 0 Å². The van der Waals surface area contributed by atoms with Crippen LogP contribution in [0, 0.1) is 46.3 Å². The summed E-state index contributed by atoms with van der Waals surface area (Å²) in [6.45, 7) is 6.37. The molecular weight excluding hydrogens is 368 g/mol. The lowest BCUT2D eigenvalue weighted by molar-refractivity contribution is -0.166. The van der Waals surface area contributed by atoms with Crippen molar-refractivity contribution in [3.8, 4) is 0 Å². The van der Waals surface area contributed by atoms with Gasteiger partial charge in [-0.05, 0) is 60.7 Å². The van der Waals surface area contributed by atoms with E-state index in [4.69, 9.17) is 5.11 Å². The number of Topliss-reactive ketones (excluding diaryl/α,β-unsaturated/α-hetero) is 3. The van der Waals surface area contributed by atoms with E-state index in [0.717, 1.165) is 19.3 Å². The molecule has 0 saturated heterocycles. The Labute approximate surface area is 173 Å². The van der Waals surface area contributed by atoms with Crippen LogP contribution in [-0.4, -0.2) is 28.4 Å². The third kappa shape index (κ3) is 3.02. The maximum absolute atomic E-state index is 13.6. The predicted octanol–water partition coefficient (Wildman–Crippen LogP) is 4.07. The summed E-state index contributed by atoms with van der Waals surface area (Å²) in [4.78, 5) is 50.0. The molecule has 0 spiro atoms. The lowest BCUT2D eigenvalue weighted by atomic mass is 9.44. The van der Waals surface area contributed by atoms with Crippen molar-refractivity contribution < 1.29 is 24.3 Å². The summed E-state index contributed by atoms with van der Waals surface area (Å²) in [5.41, 5.74) is -0.598. The molecule has 160 valence electrons. The number of carboxylic acid groups (broad SMARTS) is 1. The Bertz CT molecular complexity index is 756. The van der Waals surface area contributed by atoms with Crippen LogP contribution in [0.4, 0.5) is 0 Å². The average Bonchev–Trinajstić information content (AvgIpc) is 3.01. The summed E-state index contributed by atoms with van der Waals surface area (Å²) in [5.74, 6) is 0.524. The number of hydrogen-bond acceptors (Lipinski definition) is 4. The lowest BCUT2D eigenvalue weighted by Crippen LogP contribution is -2.60. The molecule has 4 fully saturated rings. The molecule has 4 aliphatic carbocycles. The van der Waals surface area contributed by atoms with Crippen LogP contribution in [-0.2, 0) is 19.2 Å². The maximum Gasteiger partial charge on any atom is 0.303 e. The van der Waals surface area contributed by atoms with E-state index < -0.39 is 11.4 Å². The Morgan fingerprint density at radius 3 is 2.52 bits per heavy atom. The van der Waals surface area contributed by atoms with Crippen LogP contribution in [0.2, 0.25) is 0 Å². The van der Waals surface area contributed by atoms with Gasteiger partial charge in [0.15, 0.2) is 0 Å². The van der Waals surface area contributed by atoms with Crippen LogP contribution in [0.25, 0.3) is 0 Å². The minimum absolute atomic E-state index is 0.0659. The average molecular weight is 403 g/mol. The van der Waals surface area contributed by atoms with Gasteiger partial charge in [-0.1, -0.05) is 20.8 Å². The lowest BCUT2D eigenvalue weighted by Gasteiger charge is -2.58. The number of carbonyl (C=O) groups excluding carboxylic acids is 3. The summed E-state index contributed by atoms with van der Waals surface area (Å²) in [6, 6.07) is 0. The first kappa shape index (κ1) is 20.7. The first-order chi connectivity index (χ1) is 13.6. The Balaban J connectivity index is 1.63. The van der Waals surface area contributed by atoms with E-state index >= 15 is 0 Å². The van der Waals surface area contributed by atoms with Gasteiger partial charge in [-0.15, -0.1) is 0 Å². The molecule has 0 heterocycles. The van der Waals surface area contributed by atoms with Crippen LogP contribution in [0.15, 0.2) is 0 Å². The van der Waals surface area contributed by atoms with E-state index in [-0.39, 0.29) is 64.7 Å². The molecule has 5 unspecified atom stereocenters. The molecule has 5 heteroatoms. The van der Waals surface area contributed by atoms with E-state index in [1.54, 1.807) is 0 Å². The van der Waals surface area contributed by atoms with Crippen molar-refractivity contribution in [3.05, 3.63) is 0 Å². The first-order valence-corrected chi connectivity index (χ1v) is 11.4. The van der Waals surface area contributed by atoms with E-state index in [0.29, 0.717) is 32.1 Å². The molecule has 29 heavy (non-hydrogen) atoms. The summed E-state index contributed by atoms with van der Waals surface area (Å²) in [6.07, 6.45) is 5.33. The summed E-state index contributed by atoms with van der Waals surface area (Å²) >= 11 is 0. The first-order valence-electron chi connectivity index (χ1n) is 11.4. The van der Waals surface area contributed by atoms with Crippen molar-refractivity contribution in [2.75, 3.05) is 0 Å². The maximum atomic E-state index is 13.6. The Morgan fingerprint density at radius 2 is 1.83 bits per heavy atom. The van der Waals surface area contributed by atoms with Gasteiger partial charge in [-0.25, -0.2) is 0 Å². The van der Waals surface area contributed by atoms with Gasteiger partial charge in [0.05, 0.1) is 0 Å². The second kappa shape index (κ2) is 7.02. The molecule has 0 bridgehead atoms. The van der Waals surface area contributed by atoms with Crippen molar-refractivity contribution in [1.29, 1.82) is 0 Å². The molecule has 4 aliphatic rings. The zero-order valence-electron chi connectivity index (χ0n) is 17.9. The fourth-order valence-electron chi connectivity index (χ4n) is 7.94. The van der Waals surface area contributed by atoms with Gasteiger partial charge in [-0.3, -0.25) is 19.2 Å². The number of carbonyl (C=O) groups is 4. The quantitative estimate of drug-likeness (QED) is 0.766. The zero-order valence-corrected chi connectivity index (χ0v) is 17.9. The molecule has 8 atom stereocenters. The molecule has 0 aromatic rings. The molecule has 0 aliphatic heterocycles. The highest BCUT2D eigenvalue weighted by Gasteiger charge is 2.66. The molecule has 4 rings (SSSR count). The monoisotopic (exact) mass is 402 g/mol. The highest BCUT2D eigenvalue weighted by molar-refractivity contribution is 5.93. The van der Waals surface area contributed by atoms with Crippen molar-refractivity contribution in [2.45, 2.75) is 78.6 Å². The molecule has 0 amide bonds. The van der Waals surface area contributed by atoms with Crippen LogP contribution in [0.1, 0.15) is 78.6 Å². The zero-order chi connectivity index (χ0) is 21.1. The van der Waals surface area contributed by atoms with Crippen molar-refractivity contribution in [3.63, 3.8) is 0 Å². The molecule has 0 radical (unpaired) electrons. The number of ketones is 3. The number of carboxylic acids is 1. The van der Waals surface area contributed by atoms with Crippen molar-refractivity contribution >= 4 is 23.3 Å². The van der Waals surface area contributed by atoms with Crippen molar-refractivity contribution in [2.24, 2.45) is 46.3 Å². The SMILES string of the molecule is CC(CCC(=O)O)C1CCC2C3C(=O)C[C@@H]4CC(=O)CC[C@@]4(C)C3CC(=O)[C@]12C. The smallest absolute Gasteiger partial charge is 0.303 e. The third-order valence-corrected chi connectivity index (χ3v) is 9.72. The minimum atomic E-state index is -0.792. The standard InChI is InChI=1S/C24H34O5/c1-13(4-7-21(28)29)16-5-6-17-22-18(12-20(27)24(16,17)3)23(2)9-8-15(25)10-14(23)11-19(22)26/h13-14,16-18,22H,4-12H2,1-3H3,(H,28,29)/t13?,14-,16?,17?,18?,22?,23+,24+/m0/s1. The van der Waals surface area contributed by atoms with Gasteiger partial charge in [0.25, 0.3) is 0 Å². The van der Waals surface area contributed by atoms with E-state index in [2.05, 4.69) is 20.8 Å². The second-order valence-electron chi connectivity index (χ2n) is 10.9. The third-order valence-electron chi connectivity index (χ3n) is 9.72. The van der Waals surface area contributed by atoms with E-state index in [1.165, 1.54) is 0 Å². The highest BCUT2D eigenvalue weighted by Crippen LogP contribution is 2.66. The van der Waals surface area contributed by atoms with E-state index in [9.17, 15) is 19.2 Å². The summed E-state index contributed by atoms with van der Waals surface area (Å²) < 4.78 is 0. The molecule has 5 nitrogen and oxygen atoms in total. The molecule has 0 aromatic heterocycles. The second-order valence-corrected chi connectivity index (χ2v) is 10.9. The van der Waals surface area contributed by atoms with Gasteiger partial charge in [0.2, 0.25) is 0 Å². The van der Waals surface area contributed by atoms with E-state index in [1.807, 2.05) is 0 Å². The van der Waals surface area contributed by atoms with Crippen molar-refractivity contribution in [1.82, 2.24) is 0 Å². The topological polar surface area (TPSA) is 88.5 Å².